The molecule has 0 aliphatic heterocycles. The number of unbranched alkanes of at least 4 members (excludes halogenated alkanes) is 2. The van der Waals surface area contributed by atoms with Gasteiger partial charge in [0.05, 0.1) is 0 Å². The molecule has 62 valence electrons. The van der Waals surface area contributed by atoms with Gasteiger partial charge in [-0.3, -0.25) is 0 Å². The molecule has 1 rings (SSSR count). The van der Waals surface area contributed by atoms with E-state index in [1.165, 1.54) is 44.1 Å². The Kier molecular flexibility index (Phi) is 3.41. The SMILES string of the molecule is C=CC1=C(CCCCC)CC1. The van der Waals surface area contributed by atoms with E-state index in [0.717, 1.165) is 0 Å². The molecule has 0 radical (unpaired) electrons. The third-order valence-corrected chi connectivity index (χ3v) is 2.48. The van der Waals surface area contributed by atoms with Crippen molar-refractivity contribution in [1.29, 1.82) is 0 Å². The number of rotatable bonds is 5. The fraction of sp³-hybridized carbons (Fsp3) is 0.636. The normalized spacial score (nSPS) is 16.5. The molecule has 0 saturated heterocycles. The standard InChI is InChI=1S/C11H18/c1-3-5-6-7-11-9-8-10(11)4-2/h4H,2-3,5-9H2,1H3. The maximum absolute atomic E-state index is 3.80. The molecule has 0 saturated carbocycles. The maximum atomic E-state index is 3.80. The highest BCUT2D eigenvalue weighted by molar-refractivity contribution is 5.32. The van der Waals surface area contributed by atoms with Crippen molar-refractivity contribution >= 4 is 0 Å². The second-order valence-corrected chi connectivity index (χ2v) is 3.29. The van der Waals surface area contributed by atoms with Crippen molar-refractivity contribution in [1.82, 2.24) is 0 Å². The number of hydrogen-bond acceptors (Lipinski definition) is 0. The first-order valence-electron chi connectivity index (χ1n) is 4.71. The van der Waals surface area contributed by atoms with E-state index in [4.69, 9.17) is 0 Å². The molecule has 0 amide bonds. The summed E-state index contributed by atoms with van der Waals surface area (Å²) in [6.45, 7) is 6.06. The minimum Gasteiger partial charge on any atom is -0.0988 e. The van der Waals surface area contributed by atoms with Crippen LogP contribution in [0.3, 0.4) is 0 Å². The fourth-order valence-electron chi connectivity index (χ4n) is 1.57. The molecule has 0 aromatic rings. The molecule has 0 bridgehead atoms. The minimum absolute atomic E-state index is 1.28. The van der Waals surface area contributed by atoms with Crippen LogP contribution in [0.15, 0.2) is 23.8 Å². The van der Waals surface area contributed by atoms with E-state index in [1.807, 2.05) is 6.08 Å². The first-order valence-corrected chi connectivity index (χ1v) is 4.71. The van der Waals surface area contributed by atoms with E-state index < -0.39 is 0 Å². The van der Waals surface area contributed by atoms with Crippen molar-refractivity contribution in [3.8, 4) is 0 Å². The lowest BCUT2D eigenvalue weighted by Gasteiger charge is -2.21. The van der Waals surface area contributed by atoms with E-state index in [0.29, 0.717) is 0 Å². The van der Waals surface area contributed by atoms with Crippen molar-refractivity contribution in [3.63, 3.8) is 0 Å². The van der Waals surface area contributed by atoms with Gasteiger partial charge < -0.3 is 0 Å². The van der Waals surface area contributed by atoms with Crippen LogP contribution >= 0.6 is 0 Å². The molecule has 1 aliphatic rings. The van der Waals surface area contributed by atoms with Gasteiger partial charge in [-0.05, 0) is 31.3 Å². The van der Waals surface area contributed by atoms with Crippen molar-refractivity contribution < 1.29 is 0 Å². The molecule has 1 aliphatic carbocycles. The molecule has 0 heterocycles. The van der Waals surface area contributed by atoms with Crippen LogP contribution in [0.2, 0.25) is 0 Å². The fourth-order valence-corrected chi connectivity index (χ4v) is 1.57. The Morgan fingerprint density at radius 1 is 1.36 bits per heavy atom. The topological polar surface area (TPSA) is 0 Å². The lowest BCUT2D eigenvalue weighted by atomic mass is 9.85. The summed E-state index contributed by atoms with van der Waals surface area (Å²) in [6, 6.07) is 0. The minimum atomic E-state index is 1.28. The summed E-state index contributed by atoms with van der Waals surface area (Å²) in [5.41, 5.74) is 3.20. The number of hydrogen-bond donors (Lipinski definition) is 0. The van der Waals surface area contributed by atoms with Crippen molar-refractivity contribution in [3.05, 3.63) is 23.8 Å². The Morgan fingerprint density at radius 3 is 2.64 bits per heavy atom. The number of allylic oxidation sites excluding steroid dienone is 3. The van der Waals surface area contributed by atoms with E-state index >= 15 is 0 Å². The van der Waals surface area contributed by atoms with E-state index in [9.17, 15) is 0 Å². The molecule has 0 atom stereocenters. The van der Waals surface area contributed by atoms with Crippen LogP contribution in [-0.4, -0.2) is 0 Å². The third kappa shape index (κ3) is 2.21. The van der Waals surface area contributed by atoms with E-state index in [2.05, 4.69) is 13.5 Å². The molecule has 0 aromatic heterocycles. The summed E-state index contributed by atoms with van der Waals surface area (Å²) in [4.78, 5) is 0. The predicted molar refractivity (Wildman–Crippen MR) is 50.6 cm³/mol. The highest BCUT2D eigenvalue weighted by atomic mass is 14.2. The van der Waals surface area contributed by atoms with Crippen LogP contribution in [0.1, 0.15) is 45.4 Å². The lowest BCUT2D eigenvalue weighted by molar-refractivity contribution is 0.662. The van der Waals surface area contributed by atoms with E-state index in [-0.39, 0.29) is 0 Å². The Balaban J connectivity index is 2.21. The monoisotopic (exact) mass is 150 g/mol. The summed E-state index contributed by atoms with van der Waals surface area (Å²) in [5, 5.41) is 0. The van der Waals surface area contributed by atoms with Crippen LogP contribution in [0.4, 0.5) is 0 Å². The Morgan fingerprint density at radius 2 is 2.18 bits per heavy atom. The summed E-state index contributed by atoms with van der Waals surface area (Å²) in [6.07, 6.45) is 10.1. The van der Waals surface area contributed by atoms with Gasteiger partial charge in [0, 0.05) is 0 Å². The zero-order chi connectivity index (χ0) is 8.10. The molecular weight excluding hydrogens is 132 g/mol. The van der Waals surface area contributed by atoms with Crippen LogP contribution in [-0.2, 0) is 0 Å². The Labute approximate surface area is 70.0 Å². The van der Waals surface area contributed by atoms with Gasteiger partial charge in [-0.25, -0.2) is 0 Å². The van der Waals surface area contributed by atoms with Gasteiger partial charge in [0.15, 0.2) is 0 Å². The van der Waals surface area contributed by atoms with Crippen LogP contribution < -0.4 is 0 Å². The van der Waals surface area contributed by atoms with Crippen molar-refractivity contribution in [2.24, 2.45) is 0 Å². The van der Waals surface area contributed by atoms with Crippen LogP contribution in [0.5, 0.6) is 0 Å². The third-order valence-electron chi connectivity index (χ3n) is 2.48. The van der Waals surface area contributed by atoms with Gasteiger partial charge in [-0.1, -0.05) is 38.0 Å². The molecular formula is C11H18. The summed E-state index contributed by atoms with van der Waals surface area (Å²) in [7, 11) is 0. The van der Waals surface area contributed by atoms with Crippen molar-refractivity contribution in [2.45, 2.75) is 45.4 Å². The van der Waals surface area contributed by atoms with Gasteiger partial charge in [-0.15, -0.1) is 0 Å². The molecule has 0 N–H and O–H groups in total. The second kappa shape index (κ2) is 4.38. The molecule has 0 fully saturated rings. The van der Waals surface area contributed by atoms with E-state index in [1.54, 1.807) is 5.57 Å². The molecule has 0 spiro atoms. The first kappa shape index (κ1) is 8.58. The van der Waals surface area contributed by atoms with Gasteiger partial charge in [0.2, 0.25) is 0 Å². The van der Waals surface area contributed by atoms with Crippen molar-refractivity contribution in [2.75, 3.05) is 0 Å². The van der Waals surface area contributed by atoms with Gasteiger partial charge in [-0.2, -0.15) is 0 Å². The lowest BCUT2D eigenvalue weighted by Crippen LogP contribution is -2.01. The molecule has 0 nitrogen and oxygen atoms in total. The smallest absolute Gasteiger partial charge is 0.0242 e. The van der Waals surface area contributed by atoms with Crippen LogP contribution in [0, 0.1) is 0 Å². The summed E-state index contributed by atoms with van der Waals surface area (Å²) >= 11 is 0. The highest BCUT2D eigenvalue weighted by Crippen LogP contribution is 2.32. The van der Waals surface area contributed by atoms with Gasteiger partial charge in [0.25, 0.3) is 0 Å². The predicted octanol–water partition coefficient (Wildman–Crippen LogP) is 3.84. The largest absolute Gasteiger partial charge is 0.0988 e. The summed E-state index contributed by atoms with van der Waals surface area (Å²) < 4.78 is 0. The Hall–Kier alpha value is -0.520. The zero-order valence-corrected chi connectivity index (χ0v) is 7.53. The molecule has 0 unspecified atom stereocenters. The summed E-state index contributed by atoms with van der Waals surface area (Å²) in [5.74, 6) is 0. The van der Waals surface area contributed by atoms with Gasteiger partial charge in [0.1, 0.15) is 0 Å². The first-order chi connectivity index (χ1) is 5.38. The molecule has 11 heavy (non-hydrogen) atoms. The average Bonchev–Trinajstić information content (AvgIpc) is 1.97. The average molecular weight is 150 g/mol. The highest BCUT2D eigenvalue weighted by Gasteiger charge is 2.12. The van der Waals surface area contributed by atoms with Crippen LogP contribution in [0.25, 0.3) is 0 Å². The zero-order valence-electron chi connectivity index (χ0n) is 7.53. The Bertz CT molecular complexity index is 163. The quantitative estimate of drug-likeness (QED) is 0.522. The molecule has 0 heteroatoms. The maximum Gasteiger partial charge on any atom is -0.0242 e. The second-order valence-electron chi connectivity index (χ2n) is 3.29. The van der Waals surface area contributed by atoms with Gasteiger partial charge >= 0.3 is 0 Å². The molecule has 0 aromatic carbocycles.